The van der Waals surface area contributed by atoms with E-state index < -0.39 is 0 Å². The predicted molar refractivity (Wildman–Crippen MR) is 93.7 cm³/mol. The van der Waals surface area contributed by atoms with Crippen molar-refractivity contribution >= 4 is 22.6 Å². The first-order valence-electron chi connectivity index (χ1n) is 7.30. The lowest BCUT2D eigenvalue weighted by atomic mass is 10.0. The Hall–Kier alpha value is -1.08. The zero-order chi connectivity index (χ0) is 15.2. The van der Waals surface area contributed by atoms with Crippen LogP contribution in [0.5, 0.6) is 5.75 Å². The number of nitrogens with zero attached hydrogens (tertiary/aromatic N) is 2. The van der Waals surface area contributed by atoms with Crippen molar-refractivity contribution in [3.8, 4) is 5.75 Å². The molecule has 2 aromatic rings. The van der Waals surface area contributed by atoms with E-state index >= 15 is 0 Å². The topological polar surface area (TPSA) is 39.1 Å². The molecule has 1 heterocycles. The lowest BCUT2D eigenvalue weighted by molar-refractivity contribution is 0.398. The second-order valence-corrected chi connectivity index (χ2v) is 6.00. The summed E-state index contributed by atoms with van der Waals surface area (Å²) in [6, 6.07) is 8.53. The van der Waals surface area contributed by atoms with E-state index in [0.717, 1.165) is 31.0 Å². The van der Waals surface area contributed by atoms with Gasteiger partial charge in [-0.15, -0.1) is 0 Å². The highest BCUT2D eigenvalue weighted by Gasteiger charge is 2.24. The zero-order valence-electron chi connectivity index (χ0n) is 12.8. The molecule has 0 bridgehead atoms. The van der Waals surface area contributed by atoms with E-state index in [4.69, 9.17) is 4.74 Å². The minimum Gasteiger partial charge on any atom is -0.493 e. The fourth-order valence-corrected chi connectivity index (χ4v) is 3.18. The Morgan fingerprint density at radius 2 is 2.10 bits per heavy atom. The number of ether oxygens (including phenoxy) is 1. The standard InChI is InChI=1S/C16H22IN3O/c1-4-10-20-16(14(21-3)11-19-20)15(18-5-2)12-8-6-7-9-13(12)17/h6-9,11,15,18H,4-5,10H2,1-3H3. The van der Waals surface area contributed by atoms with Crippen molar-refractivity contribution in [2.75, 3.05) is 13.7 Å². The van der Waals surface area contributed by atoms with Crippen molar-refractivity contribution in [1.29, 1.82) is 0 Å². The van der Waals surface area contributed by atoms with E-state index in [9.17, 15) is 0 Å². The highest BCUT2D eigenvalue weighted by atomic mass is 127. The molecule has 0 saturated carbocycles. The first-order valence-corrected chi connectivity index (χ1v) is 8.38. The van der Waals surface area contributed by atoms with Gasteiger partial charge in [0.15, 0.2) is 5.75 Å². The third kappa shape index (κ3) is 3.58. The molecule has 1 unspecified atom stereocenters. The molecule has 1 aromatic carbocycles. The number of aryl methyl sites for hydroxylation is 1. The summed E-state index contributed by atoms with van der Waals surface area (Å²) in [7, 11) is 1.70. The van der Waals surface area contributed by atoms with Crippen LogP contribution in [0.2, 0.25) is 0 Å². The predicted octanol–water partition coefficient (Wildman–Crippen LogP) is 3.61. The number of rotatable bonds is 7. The van der Waals surface area contributed by atoms with Crippen molar-refractivity contribution in [2.45, 2.75) is 32.9 Å². The summed E-state index contributed by atoms with van der Waals surface area (Å²) < 4.78 is 8.83. The first kappa shape index (κ1) is 16.3. The van der Waals surface area contributed by atoms with E-state index in [-0.39, 0.29) is 6.04 Å². The summed E-state index contributed by atoms with van der Waals surface area (Å²) in [6.45, 7) is 6.06. The highest BCUT2D eigenvalue weighted by molar-refractivity contribution is 14.1. The molecule has 0 radical (unpaired) electrons. The summed E-state index contributed by atoms with van der Waals surface area (Å²) in [4.78, 5) is 0. The van der Waals surface area contributed by atoms with Crippen molar-refractivity contribution < 1.29 is 4.74 Å². The molecule has 0 aliphatic rings. The number of hydrogen-bond donors (Lipinski definition) is 1. The van der Waals surface area contributed by atoms with Gasteiger partial charge in [-0.3, -0.25) is 4.68 Å². The Balaban J connectivity index is 2.52. The Morgan fingerprint density at radius 3 is 2.71 bits per heavy atom. The molecule has 2 rings (SSSR count). The van der Waals surface area contributed by atoms with Gasteiger partial charge in [0.25, 0.3) is 0 Å². The molecule has 0 fully saturated rings. The van der Waals surface area contributed by atoms with Gasteiger partial charge < -0.3 is 10.1 Å². The summed E-state index contributed by atoms with van der Waals surface area (Å²) in [5, 5.41) is 8.05. The fraction of sp³-hybridized carbons (Fsp3) is 0.438. The molecule has 1 N–H and O–H groups in total. The fourth-order valence-electron chi connectivity index (χ4n) is 2.48. The average Bonchev–Trinajstić information content (AvgIpc) is 2.89. The monoisotopic (exact) mass is 399 g/mol. The minimum absolute atomic E-state index is 0.0899. The average molecular weight is 399 g/mol. The van der Waals surface area contributed by atoms with Crippen LogP contribution in [-0.4, -0.2) is 23.4 Å². The summed E-state index contributed by atoms with van der Waals surface area (Å²) in [6.07, 6.45) is 2.85. The van der Waals surface area contributed by atoms with Gasteiger partial charge in [0, 0.05) is 10.1 Å². The number of aromatic nitrogens is 2. The van der Waals surface area contributed by atoms with Crippen LogP contribution in [0.1, 0.15) is 37.6 Å². The third-order valence-corrected chi connectivity index (χ3v) is 4.38. The van der Waals surface area contributed by atoms with E-state index in [1.165, 1.54) is 9.13 Å². The number of halogens is 1. The van der Waals surface area contributed by atoms with Crippen LogP contribution in [0, 0.1) is 3.57 Å². The van der Waals surface area contributed by atoms with Crippen LogP contribution >= 0.6 is 22.6 Å². The maximum Gasteiger partial charge on any atom is 0.161 e. The van der Waals surface area contributed by atoms with Gasteiger partial charge in [0.2, 0.25) is 0 Å². The molecule has 0 spiro atoms. The molecule has 0 aliphatic heterocycles. The molecule has 1 atom stereocenters. The molecule has 5 heteroatoms. The summed E-state index contributed by atoms with van der Waals surface area (Å²) in [5.74, 6) is 0.842. The SMILES string of the molecule is CCCn1ncc(OC)c1C(NCC)c1ccccc1I. The minimum atomic E-state index is 0.0899. The Bertz CT molecular complexity index is 583. The summed E-state index contributed by atoms with van der Waals surface area (Å²) in [5.41, 5.74) is 2.36. The Kier molecular flexibility index (Phi) is 6.05. The van der Waals surface area contributed by atoms with Crippen molar-refractivity contribution in [3.05, 3.63) is 45.3 Å². The largest absolute Gasteiger partial charge is 0.493 e. The van der Waals surface area contributed by atoms with Crippen LogP contribution in [0.3, 0.4) is 0 Å². The Morgan fingerprint density at radius 1 is 1.33 bits per heavy atom. The molecule has 0 aliphatic carbocycles. The van der Waals surface area contributed by atoms with Crippen molar-refractivity contribution in [3.63, 3.8) is 0 Å². The second-order valence-electron chi connectivity index (χ2n) is 4.83. The highest BCUT2D eigenvalue weighted by Crippen LogP contribution is 2.32. The third-order valence-electron chi connectivity index (χ3n) is 3.40. The Labute approximate surface area is 140 Å². The van der Waals surface area contributed by atoms with E-state index in [1.807, 2.05) is 6.20 Å². The van der Waals surface area contributed by atoms with Gasteiger partial charge in [-0.25, -0.2) is 0 Å². The second kappa shape index (κ2) is 7.79. The smallest absolute Gasteiger partial charge is 0.161 e. The van der Waals surface area contributed by atoms with Crippen LogP contribution in [-0.2, 0) is 6.54 Å². The molecule has 1 aromatic heterocycles. The summed E-state index contributed by atoms with van der Waals surface area (Å²) >= 11 is 2.39. The van der Waals surface area contributed by atoms with Gasteiger partial charge in [0.1, 0.15) is 5.69 Å². The van der Waals surface area contributed by atoms with Crippen LogP contribution < -0.4 is 10.1 Å². The van der Waals surface area contributed by atoms with Crippen LogP contribution in [0.15, 0.2) is 30.5 Å². The van der Waals surface area contributed by atoms with Gasteiger partial charge in [-0.05, 0) is 47.2 Å². The maximum atomic E-state index is 5.54. The molecule has 4 nitrogen and oxygen atoms in total. The van der Waals surface area contributed by atoms with Crippen LogP contribution in [0.25, 0.3) is 0 Å². The van der Waals surface area contributed by atoms with Gasteiger partial charge in [-0.2, -0.15) is 5.10 Å². The normalized spacial score (nSPS) is 12.4. The molecular formula is C16H22IN3O. The molecule has 0 saturated heterocycles. The molecule has 21 heavy (non-hydrogen) atoms. The molecule has 0 amide bonds. The van der Waals surface area contributed by atoms with Gasteiger partial charge >= 0.3 is 0 Å². The number of benzene rings is 1. The quantitative estimate of drug-likeness (QED) is 0.724. The van der Waals surface area contributed by atoms with E-state index in [0.29, 0.717) is 0 Å². The number of methoxy groups -OCH3 is 1. The lowest BCUT2D eigenvalue weighted by Gasteiger charge is -2.22. The van der Waals surface area contributed by atoms with Crippen molar-refractivity contribution in [1.82, 2.24) is 15.1 Å². The maximum absolute atomic E-state index is 5.54. The van der Waals surface area contributed by atoms with Gasteiger partial charge in [-0.1, -0.05) is 32.0 Å². The molecular weight excluding hydrogens is 377 g/mol. The molecule has 114 valence electrons. The first-order chi connectivity index (χ1) is 10.2. The number of nitrogens with one attached hydrogen (secondary N) is 1. The van der Waals surface area contributed by atoms with Crippen LogP contribution in [0.4, 0.5) is 0 Å². The van der Waals surface area contributed by atoms with Crippen molar-refractivity contribution in [2.24, 2.45) is 0 Å². The van der Waals surface area contributed by atoms with Gasteiger partial charge in [0.05, 0.1) is 19.3 Å². The lowest BCUT2D eigenvalue weighted by Crippen LogP contribution is -2.26. The van der Waals surface area contributed by atoms with E-state index in [2.05, 4.69) is 75.8 Å². The van der Waals surface area contributed by atoms with E-state index in [1.54, 1.807) is 7.11 Å². The number of hydrogen-bond acceptors (Lipinski definition) is 3. The zero-order valence-corrected chi connectivity index (χ0v) is 14.9.